The molecule has 0 amide bonds. The van der Waals surface area contributed by atoms with Crippen molar-refractivity contribution in [3.63, 3.8) is 0 Å². The Hall–Kier alpha value is -1.31. The smallest absolute Gasteiger partial charge is 0.174 e. The van der Waals surface area contributed by atoms with Crippen molar-refractivity contribution in [2.75, 3.05) is 13.2 Å². The fraction of sp³-hybridized carbons (Fsp3) is 0.815. The van der Waals surface area contributed by atoms with Crippen LogP contribution in [0.1, 0.15) is 91.4 Å². The van der Waals surface area contributed by atoms with Gasteiger partial charge in [-0.1, -0.05) is 45.3 Å². The second-order valence-corrected chi connectivity index (χ2v) is 11.6. The molecule has 2 saturated carbocycles. The molecule has 31 heavy (non-hydrogen) atoms. The van der Waals surface area contributed by atoms with E-state index in [4.69, 9.17) is 9.47 Å². The monoisotopic (exact) mass is 425 g/mol. The van der Waals surface area contributed by atoms with Crippen LogP contribution in [0.2, 0.25) is 0 Å². The highest BCUT2D eigenvalue weighted by atomic mass is 16.7. The molecular formula is C27H39NO3. The molecule has 0 bridgehead atoms. The third-order valence-corrected chi connectivity index (χ3v) is 10.4. The van der Waals surface area contributed by atoms with Gasteiger partial charge in [0.25, 0.3) is 0 Å². The first-order valence-corrected chi connectivity index (χ1v) is 12.6. The summed E-state index contributed by atoms with van der Waals surface area (Å²) in [7, 11) is 0. The highest BCUT2D eigenvalue weighted by molar-refractivity contribution is 5.46. The third kappa shape index (κ3) is 2.85. The molecule has 3 fully saturated rings. The van der Waals surface area contributed by atoms with Gasteiger partial charge in [0.1, 0.15) is 5.76 Å². The van der Waals surface area contributed by atoms with E-state index in [1.54, 1.807) is 0 Å². The summed E-state index contributed by atoms with van der Waals surface area (Å²) >= 11 is 0. The highest BCUT2D eigenvalue weighted by Gasteiger charge is 2.61. The second-order valence-electron chi connectivity index (χ2n) is 11.6. The van der Waals surface area contributed by atoms with Crippen molar-refractivity contribution < 1.29 is 14.6 Å². The highest BCUT2D eigenvalue weighted by Crippen LogP contribution is 2.65. The van der Waals surface area contributed by atoms with E-state index in [0.717, 1.165) is 51.4 Å². The van der Waals surface area contributed by atoms with Crippen molar-refractivity contribution in [1.29, 1.82) is 5.26 Å². The zero-order chi connectivity index (χ0) is 21.9. The van der Waals surface area contributed by atoms with Crippen LogP contribution in [-0.4, -0.2) is 24.1 Å². The van der Waals surface area contributed by atoms with Gasteiger partial charge in [0.05, 0.1) is 24.9 Å². The molecule has 4 aliphatic carbocycles. The maximum atomic E-state index is 11.2. The van der Waals surface area contributed by atoms with Gasteiger partial charge >= 0.3 is 0 Å². The fourth-order valence-corrected chi connectivity index (χ4v) is 8.32. The lowest BCUT2D eigenvalue weighted by Crippen LogP contribution is -2.47. The van der Waals surface area contributed by atoms with Gasteiger partial charge < -0.3 is 14.6 Å². The number of aliphatic hydroxyl groups is 1. The van der Waals surface area contributed by atoms with Crippen LogP contribution in [0.15, 0.2) is 23.0 Å². The minimum Gasteiger partial charge on any atom is -0.510 e. The van der Waals surface area contributed by atoms with E-state index >= 15 is 0 Å². The molecule has 1 N–H and O–H groups in total. The lowest BCUT2D eigenvalue weighted by atomic mass is 9.51. The maximum Gasteiger partial charge on any atom is 0.174 e. The third-order valence-electron chi connectivity index (χ3n) is 10.4. The quantitative estimate of drug-likeness (QED) is 0.518. The molecule has 5 rings (SSSR count). The summed E-state index contributed by atoms with van der Waals surface area (Å²) < 4.78 is 12.5. The number of ether oxygens (including phenoxy) is 2. The zero-order valence-corrected chi connectivity index (χ0v) is 19.6. The lowest BCUT2D eigenvalue weighted by molar-refractivity contribution is -0.227. The van der Waals surface area contributed by atoms with E-state index in [1.807, 2.05) is 0 Å². The van der Waals surface area contributed by atoms with Crippen molar-refractivity contribution >= 4 is 0 Å². The molecule has 0 aromatic rings. The van der Waals surface area contributed by atoms with E-state index in [2.05, 4.69) is 32.9 Å². The maximum absolute atomic E-state index is 11.2. The molecule has 170 valence electrons. The first-order chi connectivity index (χ1) is 14.8. The first-order valence-electron chi connectivity index (χ1n) is 12.6. The number of rotatable bonds is 3. The number of fused-ring (bicyclic) bond motifs is 2. The zero-order valence-electron chi connectivity index (χ0n) is 19.6. The number of allylic oxidation sites excluding steroid dienone is 3. The topological polar surface area (TPSA) is 62.5 Å². The van der Waals surface area contributed by atoms with Crippen LogP contribution in [0.4, 0.5) is 0 Å². The Morgan fingerprint density at radius 3 is 2.52 bits per heavy atom. The first kappa shape index (κ1) is 21.5. The summed E-state index contributed by atoms with van der Waals surface area (Å²) in [6, 6.07) is 2.40. The molecule has 2 spiro atoms. The molecule has 1 aliphatic heterocycles. The minimum atomic E-state index is -0.393. The Bertz CT molecular complexity index is 839. The van der Waals surface area contributed by atoms with Crippen LogP contribution >= 0.6 is 0 Å². The fourth-order valence-electron chi connectivity index (χ4n) is 8.32. The predicted octanol–water partition coefficient (Wildman–Crippen LogP) is 6.59. The Kier molecular flexibility index (Phi) is 5.11. The van der Waals surface area contributed by atoms with E-state index in [1.165, 1.54) is 18.4 Å². The van der Waals surface area contributed by atoms with Gasteiger partial charge in [0.15, 0.2) is 5.79 Å². The van der Waals surface area contributed by atoms with Crippen molar-refractivity contribution in [2.45, 2.75) is 97.2 Å². The summed E-state index contributed by atoms with van der Waals surface area (Å²) in [5, 5.41) is 21.1. The van der Waals surface area contributed by atoms with Crippen molar-refractivity contribution in [2.24, 2.45) is 28.1 Å². The van der Waals surface area contributed by atoms with Crippen LogP contribution in [-0.2, 0) is 9.47 Å². The Morgan fingerprint density at radius 1 is 1.13 bits per heavy atom. The molecule has 1 heterocycles. The Morgan fingerprint density at radius 2 is 1.84 bits per heavy atom. The van der Waals surface area contributed by atoms with Gasteiger partial charge in [0.2, 0.25) is 0 Å². The molecule has 0 radical (unpaired) electrons. The molecule has 4 atom stereocenters. The van der Waals surface area contributed by atoms with E-state index < -0.39 is 5.79 Å². The van der Waals surface area contributed by atoms with Crippen LogP contribution < -0.4 is 0 Å². The average molecular weight is 426 g/mol. The summed E-state index contributed by atoms with van der Waals surface area (Å²) in [5.41, 5.74) is 1.85. The van der Waals surface area contributed by atoms with Crippen LogP contribution in [0.3, 0.4) is 0 Å². The van der Waals surface area contributed by atoms with E-state index in [9.17, 15) is 10.4 Å². The molecule has 0 aromatic heterocycles. The van der Waals surface area contributed by atoms with E-state index in [0.29, 0.717) is 42.8 Å². The molecule has 0 aromatic carbocycles. The summed E-state index contributed by atoms with van der Waals surface area (Å²) in [6.07, 6.45) is 14.1. The lowest BCUT2D eigenvalue weighted by Gasteiger charge is -2.53. The molecule has 5 aliphatic rings. The van der Waals surface area contributed by atoms with Gasteiger partial charge in [0, 0.05) is 17.3 Å². The second kappa shape index (κ2) is 7.35. The van der Waals surface area contributed by atoms with Gasteiger partial charge in [-0.3, -0.25) is 0 Å². The number of nitriles is 1. The predicted molar refractivity (Wildman–Crippen MR) is 120 cm³/mol. The summed E-state index contributed by atoms with van der Waals surface area (Å²) in [6.45, 7) is 8.59. The van der Waals surface area contributed by atoms with Crippen molar-refractivity contribution in [1.82, 2.24) is 0 Å². The molecule has 4 heteroatoms. The van der Waals surface area contributed by atoms with Crippen LogP contribution in [0.25, 0.3) is 0 Å². The van der Waals surface area contributed by atoms with Crippen LogP contribution in [0, 0.1) is 39.4 Å². The number of hydrogen-bond donors (Lipinski definition) is 1. The number of hydrogen-bond acceptors (Lipinski definition) is 4. The normalized spacial score (nSPS) is 40.9. The molecular weight excluding hydrogens is 386 g/mol. The Labute approximate surface area is 187 Å². The van der Waals surface area contributed by atoms with Gasteiger partial charge in [-0.2, -0.15) is 5.26 Å². The SMILES string of the molecule is C[C@@H]1CCC2(OCCO2)[C@@]1(C)CC[C@H]1CCC=C2C3(CCCC3)C(O)=C(C#N)C[C@@]21C. The van der Waals surface area contributed by atoms with E-state index in [-0.39, 0.29) is 16.2 Å². The summed E-state index contributed by atoms with van der Waals surface area (Å²) in [5.74, 6) is 1.13. The summed E-state index contributed by atoms with van der Waals surface area (Å²) in [4.78, 5) is 0. The molecule has 4 nitrogen and oxygen atoms in total. The van der Waals surface area contributed by atoms with Gasteiger partial charge in [-0.05, 0) is 68.6 Å². The Balaban J connectivity index is 1.44. The van der Waals surface area contributed by atoms with Crippen molar-refractivity contribution in [3.05, 3.63) is 23.0 Å². The molecule has 1 saturated heterocycles. The number of aliphatic hydroxyl groups excluding tert-OH is 1. The molecule has 0 unspecified atom stereocenters. The average Bonchev–Trinajstić information content (AvgIpc) is 3.49. The van der Waals surface area contributed by atoms with Crippen LogP contribution in [0.5, 0.6) is 0 Å². The standard InChI is InChI=1S/C27H39NO3/c1-19-9-14-27(30-15-16-31-27)25(19,3)13-10-21-7-6-8-22-24(21,2)17-20(18-28)23(29)26(22)11-4-5-12-26/h8,19,21,29H,4-7,9-17H2,1-3H3/t19-,21-,24-,25+/m1/s1. The van der Waals surface area contributed by atoms with Gasteiger partial charge in [-0.15, -0.1) is 0 Å². The number of nitrogens with zero attached hydrogens (tertiary/aromatic N) is 1. The van der Waals surface area contributed by atoms with Crippen molar-refractivity contribution in [3.8, 4) is 6.07 Å². The van der Waals surface area contributed by atoms with Gasteiger partial charge in [-0.25, -0.2) is 0 Å². The minimum absolute atomic E-state index is 0.0252. The largest absolute Gasteiger partial charge is 0.510 e.